The second-order valence-electron chi connectivity index (χ2n) is 5.36. The minimum absolute atomic E-state index is 0.299. The molecule has 104 valence electrons. The molecule has 3 rings (SSSR count). The minimum Gasteiger partial charge on any atom is -0.434 e. The lowest BCUT2D eigenvalue weighted by Crippen LogP contribution is -2.25. The standard InChI is InChI=1S/C14H18F2N2O/c15-14(16)19-13-4-2-1-3-10(13)7-18-8-11-5-17-6-12(11)9-18/h1-4,11-12,14,17H,5-9H2. The van der Waals surface area contributed by atoms with E-state index in [2.05, 4.69) is 15.0 Å². The first-order chi connectivity index (χ1) is 9.22. The van der Waals surface area contributed by atoms with Gasteiger partial charge in [-0.1, -0.05) is 18.2 Å². The molecular formula is C14H18F2N2O. The van der Waals surface area contributed by atoms with Crippen LogP contribution >= 0.6 is 0 Å². The van der Waals surface area contributed by atoms with Gasteiger partial charge in [0.15, 0.2) is 0 Å². The molecule has 2 aliphatic heterocycles. The van der Waals surface area contributed by atoms with Crippen LogP contribution in [-0.2, 0) is 6.54 Å². The molecule has 5 heteroatoms. The lowest BCUT2D eigenvalue weighted by Gasteiger charge is -2.19. The fourth-order valence-electron chi connectivity index (χ4n) is 3.17. The second kappa shape index (κ2) is 5.43. The van der Waals surface area contributed by atoms with Gasteiger partial charge >= 0.3 is 6.61 Å². The number of halogens is 2. The van der Waals surface area contributed by atoms with Gasteiger partial charge < -0.3 is 10.1 Å². The maximum Gasteiger partial charge on any atom is 0.387 e. The van der Waals surface area contributed by atoms with Crippen LogP contribution in [0, 0.1) is 11.8 Å². The molecule has 2 atom stereocenters. The molecule has 1 N–H and O–H groups in total. The van der Waals surface area contributed by atoms with Crippen molar-refractivity contribution in [3.8, 4) is 5.75 Å². The fraction of sp³-hybridized carbons (Fsp3) is 0.571. The van der Waals surface area contributed by atoms with Gasteiger partial charge in [-0.05, 0) is 31.0 Å². The normalized spacial score (nSPS) is 26.9. The highest BCUT2D eigenvalue weighted by atomic mass is 19.3. The molecule has 0 amide bonds. The number of hydrogen-bond acceptors (Lipinski definition) is 3. The predicted octanol–water partition coefficient (Wildman–Crippen LogP) is 1.94. The number of fused-ring (bicyclic) bond motifs is 1. The number of rotatable bonds is 4. The first-order valence-corrected chi connectivity index (χ1v) is 6.68. The van der Waals surface area contributed by atoms with Crippen molar-refractivity contribution in [1.82, 2.24) is 10.2 Å². The van der Waals surface area contributed by atoms with Crippen LogP contribution in [0.2, 0.25) is 0 Å². The quantitative estimate of drug-likeness (QED) is 0.903. The number of alkyl halides is 2. The molecule has 0 aromatic heterocycles. The van der Waals surface area contributed by atoms with Gasteiger partial charge in [-0.25, -0.2) is 0 Å². The van der Waals surface area contributed by atoms with Gasteiger partial charge in [0.2, 0.25) is 0 Å². The van der Waals surface area contributed by atoms with Crippen molar-refractivity contribution < 1.29 is 13.5 Å². The van der Waals surface area contributed by atoms with Crippen LogP contribution in [0.25, 0.3) is 0 Å². The SMILES string of the molecule is FC(F)Oc1ccccc1CN1CC2CNCC2C1. The molecule has 0 bridgehead atoms. The van der Waals surface area contributed by atoms with Crippen molar-refractivity contribution in [3.63, 3.8) is 0 Å². The summed E-state index contributed by atoms with van der Waals surface area (Å²) in [6.45, 7) is 2.17. The average Bonchev–Trinajstić information content (AvgIpc) is 2.91. The van der Waals surface area contributed by atoms with E-state index in [1.165, 1.54) is 0 Å². The van der Waals surface area contributed by atoms with Gasteiger partial charge in [-0.15, -0.1) is 0 Å². The van der Waals surface area contributed by atoms with E-state index in [4.69, 9.17) is 0 Å². The van der Waals surface area contributed by atoms with E-state index >= 15 is 0 Å². The van der Waals surface area contributed by atoms with E-state index < -0.39 is 6.61 Å². The number of nitrogens with one attached hydrogen (secondary N) is 1. The molecular weight excluding hydrogens is 250 g/mol. The number of benzene rings is 1. The number of nitrogens with zero attached hydrogens (tertiary/aromatic N) is 1. The Morgan fingerprint density at radius 2 is 1.89 bits per heavy atom. The smallest absolute Gasteiger partial charge is 0.387 e. The van der Waals surface area contributed by atoms with Crippen molar-refractivity contribution >= 4 is 0 Å². The molecule has 2 unspecified atom stereocenters. The van der Waals surface area contributed by atoms with Crippen LogP contribution in [0.15, 0.2) is 24.3 Å². The third-order valence-corrected chi connectivity index (χ3v) is 4.05. The molecule has 3 nitrogen and oxygen atoms in total. The Morgan fingerprint density at radius 1 is 1.21 bits per heavy atom. The molecule has 2 aliphatic rings. The van der Waals surface area contributed by atoms with E-state index in [0.717, 1.165) is 31.7 Å². The van der Waals surface area contributed by atoms with Crippen molar-refractivity contribution in [1.29, 1.82) is 0 Å². The average molecular weight is 268 g/mol. The second-order valence-corrected chi connectivity index (χ2v) is 5.36. The Labute approximate surface area is 111 Å². The molecule has 1 aromatic carbocycles. The summed E-state index contributed by atoms with van der Waals surface area (Å²) in [5.41, 5.74) is 0.843. The Morgan fingerprint density at radius 3 is 2.58 bits per heavy atom. The summed E-state index contributed by atoms with van der Waals surface area (Å²) in [5, 5.41) is 3.40. The van der Waals surface area contributed by atoms with Crippen LogP contribution < -0.4 is 10.1 Å². The number of hydrogen-bond donors (Lipinski definition) is 1. The van der Waals surface area contributed by atoms with Crippen LogP contribution in [0.4, 0.5) is 8.78 Å². The van der Waals surface area contributed by atoms with Gasteiger partial charge in [0.1, 0.15) is 5.75 Å². The lowest BCUT2D eigenvalue weighted by atomic mass is 10.0. The summed E-state index contributed by atoms with van der Waals surface area (Å²) in [7, 11) is 0. The number of likely N-dealkylation sites (tertiary alicyclic amines) is 1. The highest BCUT2D eigenvalue weighted by Crippen LogP contribution is 2.29. The van der Waals surface area contributed by atoms with Crippen LogP contribution in [0.3, 0.4) is 0 Å². The summed E-state index contributed by atoms with van der Waals surface area (Å²) in [5.74, 6) is 1.72. The Bertz CT molecular complexity index is 429. The zero-order valence-electron chi connectivity index (χ0n) is 10.7. The zero-order valence-corrected chi connectivity index (χ0v) is 10.7. The van der Waals surface area contributed by atoms with Crippen molar-refractivity contribution in [2.45, 2.75) is 13.2 Å². The molecule has 0 spiro atoms. The van der Waals surface area contributed by atoms with Crippen LogP contribution in [0.5, 0.6) is 5.75 Å². The zero-order chi connectivity index (χ0) is 13.2. The third kappa shape index (κ3) is 2.87. The van der Waals surface area contributed by atoms with Crippen LogP contribution in [-0.4, -0.2) is 37.7 Å². The highest BCUT2D eigenvalue weighted by molar-refractivity contribution is 5.33. The topological polar surface area (TPSA) is 24.5 Å². The van der Waals surface area contributed by atoms with E-state index in [1.54, 1.807) is 12.1 Å². The summed E-state index contributed by atoms with van der Waals surface area (Å²) in [6, 6.07) is 7.07. The van der Waals surface area contributed by atoms with E-state index in [1.807, 2.05) is 12.1 Å². The molecule has 2 saturated heterocycles. The minimum atomic E-state index is -2.76. The van der Waals surface area contributed by atoms with Gasteiger partial charge in [0.25, 0.3) is 0 Å². The summed E-state index contributed by atoms with van der Waals surface area (Å²) in [6.07, 6.45) is 0. The Balaban J connectivity index is 1.66. The Kier molecular flexibility index (Phi) is 3.66. The number of ether oxygens (including phenoxy) is 1. The molecule has 19 heavy (non-hydrogen) atoms. The molecule has 0 saturated carbocycles. The maximum atomic E-state index is 12.4. The Hall–Kier alpha value is -1.20. The molecule has 0 aliphatic carbocycles. The first-order valence-electron chi connectivity index (χ1n) is 6.68. The predicted molar refractivity (Wildman–Crippen MR) is 68.2 cm³/mol. The lowest BCUT2D eigenvalue weighted by molar-refractivity contribution is -0.0507. The van der Waals surface area contributed by atoms with E-state index in [-0.39, 0.29) is 0 Å². The molecule has 0 radical (unpaired) electrons. The van der Waals surface area contributed by atoms with E-state index in [9.17, 15) is 8.78 Å². The van der Waals surface area contributed by atoms with Crippen molar-refractivity contribution in [2.24, 2.45) is 11.8 Å². The van der Waals surface area contributed by atoms with Gasteiger partial charge in [0, 0.05) is 25.2 Å². The largest absolute Gasteiger partial charge is 0.434 e. The summed E-state index contributed by atoms with van der Waals surface area (Å²) < 4.78 is 29.3. The molecule has 2 fully saturated rings. The number of para-hydroxylation sites is 1. The highest BCUT2D eigenvalue weighted by Gasteiger charge is 2.36. The van der Waals surface area contributed by atoms with Crippen molar-refractivity contribution in [2.75, 3.05) is 26.2 Å². The van der Waals surface area contributed by atoms with Crippen LogP contribution in [0.1, 0.15) is 5.56 Å². The van der Waals surface area contributed by atoms with Gasteiger partial charge in [-0.3, -0.25) is 4.90 Å². The summed E-state index contributed by atoms with van der Waals surface area (Å²) in [4.78, 5) is 2.34. The molecule has 1 aromatic rings. The van der Waals surface area contributed by atoms with Gasteiger partial charge in [0.05, 0.1) is 0 Å². The maximum absolute atomic E-state index is 12.4. The monoisotopic (exact) mass is 268 g/mol. The fourth-order valence-corrected chi connectivity index (χ4v) is 3.17. The molecule has 2 heterocycles. The first kappa shape index (κ1) is 12.8. The summed E-state index contributed by atoms with van der Waals surface area (Å²) >= 11 is 0. The third-order valence-electron chi connectivity index (χ3n) is 4.05. The van der Waals surface area contributed by atoms with Gasteiger partial charge in [-0.2, -0.15) is 8.78 Å². The van der Waals surface area contributed by atoms with Crippen molar-refractivity contribution in [3.05, 3.63) is 29.8 Å². The van der Waals surface area contributed by atoms with E-state index in [0.29, 0.717) is 24.1 Å².